The van der Waals surface area contributed by atoms with Crippen LogP contribution in [0.1, 0.15) is 30.6 Å². The molecule has 0 amide bonds. The Morgan fingerprint density at radius 3 is 3.11 bits per heavy atom. The molecule has 2 heterocycles. The molecule has 1 N–H and O–H groups in total. The van der Waals surface area contributed by atoms with Gasteiger partial charge in [0.05, 0.1) is 11.8 Å². The number of nitrogens with one attached hydrogen (secondary N) is 1. The maximum atomic E-state index is 13.4. The zero-order valence-electron chi connectivity index (χ0n) is 10.3. The van der Waals surface area contributed by atoms with Gasteiger partial charge >= 0.3 is 0 Å². The fourth-order valence-electron chi connectivity index (χ4n) is 2.07. The van der Waals surface area contributed by atoms with Gasteiger partial charge in [0, 0.05) is 4.90 Å². The van der Waals surface area contributed by atoms with E-state index < -0.39 is 0 Å². The lowest BCUT2D eigenvalue weighted by atomic mass is 10.2. The molecule has 1 fully saturated rings. The summed E-state index contributed by atoms with van der Waals surface area (Å²) in [4.78, 5) is 4.96. The molecule has 0 spiro atoms. The molecule has 0 radical (unpaired) electrons. The Balaban J connectivity index is 1.63. The second-order valence-corrected chi connectivity index (χ2v) is 5.43. The molecule has 1 aromatic heterocycles. The average Bonchev–Trinajstić information content (AvgIpc) is 3.09. The lowest BCUT2D eigenvalue weighted by Gasteiger charge is -2.01. The minimum Gasteiger partial charge on any atom is -0.338 e. The number of nitrogens with zero attached hydrogens (tertiary/aromatic N) is 2. The Bertz CT molecular complexity index is 554. The Morgan fingerprint density at radius 2 is 2.32 bits per heavy atom. The van der Waals surface area contributed by atoms with Crippen LogP contribution in [0.2, 0.25) is 0 Å². The molecule has 19 heavy (non-hydrogen) atoms. The van der Waals surface area contributed by atoms with Crippen molar-refractivity contribution in [2.24, 2.45) is 0 Å². The Labute approximate surface area is 114 Å². The molecule has 0 aliphatic carbocycles. The van der Waals surface area contributed by atoms with E-state index in [2.05, 4.69) is 15.5 Å². The lowest BCUT2D eigenvalue weighted by molar-refractivity contribution is 0.342. The van der Waals surface area contributed by atoms with Gasteiger partial charge in [0.25, 0.3) is 0 Å². The molecule has 3 rings (SSSR count). The summed E-state index contributed by atoms with van der Waals surface area (Å²) < 4.78 is 18.7. The summed E-state index contributed by atoms with van der Waals surface area (Å²) in [6, 6.07) is 6.87. The van der Waals surface area contributed by atoms with Gasteiger partial charge in [0.2, 0.25) is 5.89 Å². The first-order chi connectivity index (χ1) is 9.33. The average molecular weight is 279 g/mol. The summed E-state index contributed by atoms with van der Waals surface area (Å²) in [5, 5.41) is 7.24. The molecular formula is C13H14FN3OS. The third-order valence-corrected chi connectivity index (χ3v) is 4.08. The summed E-state index contributed by atoms with van der Waals surface area (Å²) in [5.41, 5.74) is 0. The van der Waals surface area contributed by atoms with Crippen LogP contribution in [-0.2, 0) is 5.75 Å². The summed E-state index contributed by atoms with van der Waals surface area (Å²) >= 11 is 1.38. The third kappa shape index (κ3) is 2.96. The van der Waals surface area contributed by atoms with Crippen molar-refractivity contribution in [3.63, 3.8) is 0 Å². The van der Waals surface area contributed by atoms with Gasteiger partial charge in [-0.25, -0.2) is 4.39 Å². The highest BCUT2D eigenvalue weighted by Gasteiger charge is 2.22. The molecular weight excluding hydrogens is 265 g/mol. The van der Waals surface area contributed by atoms with Gasteiger partial charge in [-0.3, -0.25) is 0 Å². The maximum Gasteiger partial charge on any atom is 0.243 e. The standard InChI is InChI=1S/C13H14FN3OS/c14-9-4-1-2-6-11(9)19-8-12-16-13(18-17-12)10-5-3-7-15-10/h1-2,4,6,10,15H,3,5,7-8H2. The molecule has 1 aliphatic heterocycles. The molecule has 100 valence electrons. The van der Waals surface area contributed by atoms with Crippen LogP contribution in [0.25, 0.3) is 0 Å². The molecule has 6 heteroatoms. The summed E-state index contributed by atoms with van der Waals surface area (Å²) in [6.45, 7) is 0.992. The largest absolute Gasteiger partial charge is 0.338 e. The first-order valence-electron chi connectivity index (χ1n) is 6.26. The highest BCUT2D eigenvalue weighted by molar-refractivity contribution is 7.98. The van der Waals surface area contributed by atoms with E-state index in [1.54, 1.807) is 12.1 Å². The van der Waals surface area contributed by atoms with Crippen LogP contribution in [0.15, 0.2) is 33.7 Å². The second-order valence-electron chi connectivity index (χ2n) is 4.42. The Hall–Kier alpha value is -1.40. The normalized spacial score (nSPS) is 18.9. The van der Waals surface area contributed by atoms with E-state index in [9.17, 15) is 4.39 Å². The van der Waals surface area contributed by atoms with Crippen LogP contribution in [0.3, 0.4) is 0 Å². The van der Waals surface area contributed by atoms with Crippen molar-refractivity contribution in [1.29, 1.82) is 0 Å². The molecule has 1 aromatic carbocycles. The van der Waals surface area contributed by atoms with Gasteiger partial charge in [-0.05, 0) is 31.5 Å². The van der Waals surface area contributed by atoms with E-state index in [0.29, 0.717) is 22.4 Å². The molecule has 0 bridgehead atoms. The fraction of sp³-hybridized carbons (Fsp3) is 0.385. The van der Waals surface area contributed by atoms with Crippen molar-refractivity contribution in [2.45, 2.75) is 29.5 Å². The Kier molecular flexibility index (Phi) is 3.79. The number of aromatic nitrogens is 2. The molecule has 2 aromatic rings. The fourth-order valence-corrected chi connectivity index (χ4v) is 2.85. The van der Waals surface area contributed by atoms with Crippen molar-refractivity contribution < 1.29 is 8.91 Å². The Morgan fingerprint density at radius 1 is 1.42 bits per heavy atom. The SMILES string of the molecule is Fc1ccccc1SCc1noc(C2CCCN2)n1. The quantitative estimate of drug-likeness (QED) is 0.872. The number of hydrogen-bond donors (Lipinski definition) is 1. The monoisotopic (exact) mass is 279 g/mol. The van der Waals surface area contributed by atoms with E-state index in [4.69, 9.17) is 4.52 Å². The van der Waals surface area contributed by atoms with E-state index in [-0.39, 0.29) is 11.9 Å². The van der Waals surface area contributed by atoms with Gasteiger partial charge < -0.3 is 9.84 Å². The minimum atomic E-state index is -0.214. The van der Waals surface area contributed by atoms with Crippen molar-refractivity contribution >= 4 is 11.8 Å². The van der Waals surface area contributed by atoms with Crippen molar-refractivity contribution in [1.82, 2.24) is 15.5 Å². The van der Waals surface area contributed by atoms with Crippen LogP contribution in [0.5, 0.6) is 0 Å². The highest BCUT2D eigenvalue weighted by Crippen LogP contribution is 2.26. The van der Waals surface area contributed by atoms with Gasteiger partial charge in [-0.2, -0.15) is 4.98 Å². The van der Waals surface area contributed by atoms with E-state index in [0.717, 1.165) is 19.4 Å². The second kappa shape index (κ2) is 5.71. The summed E-state index contributed by atoms with van der Waals surface area (Å²) in [5.74, 6) is 1.55. The first-order valence-corrected chi connectivity index (χ1v) is 7.24. The zero-order valence-corrected chi connectivity index (χ0v) is 11.1. The van der Waals surface area contributed by atoms with E-state index in [1.165, 1.54) is 17.8 Å². The van der Waals surface area contributed by atoms with Crippen molar-refractivity contribution in [3.8, 4) is 0 Å². The summed E-state index contributed by atoms with van der Waals surface area (Å²) in [7, 11) is 0. The minimum absolute atomic E-state index is 0.180. The van der Waals surface area contributed by atoms with Crippen LogP contribution in [0, 0.1) is 5.82 Å². The van der Waals surface area contributed by atoms with Gasteiger partial charge in [-0.1, -0.05) is 17.3 Å². The van der Waals surface area contributed by atoms with Crippen molar-refractivity contribution in [3.05, 3.63) is 41.8 Å². The van der Waals surface area contributed by atoms with Crippen molar-refractivity contribution in [2.75, 3.05) is 6.54 Å². The highest BCUT2D eigenvalue weighted by atomic mass is 32.2. The smallest absolute Gasteiger partial charge is 0.243 e. The first kappa shape index (κ1) is 12.6. The molecule has 1 aliphatic rings. The number of halogens is 1. The molecule has 0 saturated carbocycles. The lowest BCUT2D eigenvalue weighted by Crippen LogP contribution is -2.13. The number of benzene rings is 1. The van der Waals surface area contributed by atoms with Crippen LogP contribution in [-0.4, -0.2) is 16.7 Å². The number of hydrogen-bond acceptors (Lipinski definition) is 5. The van der Waals surface area contributed by atoms with Crippen LogP contribution in [0.4, 0.5) is 4.39 Å². The predicted molar refractivity (Wildman–Crippen MR) is 70.2 cm³/mol. The topological polar surface area (TPSA) is 51.0 Å². The third-order valence-electron chi connectivity index (χ3n) is 3.04. The van der Waals surface area contributed by atoms with Gasteiger partial charge in [-0.15, -0.1) is 11.8 Å². The maximum absolute atomic E-state index is 13.4. The van der Waals surface area contributed by atoms with Crippen LogP contribution >= 0.6 is 11.8 Å². The van der Waals surface area contributed by atoms with Gasteiger partial charge in [0.15, 0.2) is 5.82 Å². The number of rotatable bonds is 4. The summed E-state index contributed by atoms with van der Waals surface area (Å²) in [6.07, 6.45) is 2.16. The molecule has 1 unspecified atom stereocenters. The predicted octanol–water partition coefficient (Wildman–Crippen LogP) is 2.93. The van der Waals surface area contributed by atoms with Gasteiger partial charge in [0.1, 0.15) is 5.82 Å². The zero-order chi connectivity index (χ0) is 13.1. The number of thioether (sulfide) groups is 1. The van der Waals surface area contributed by atoms with Crippen LogP contribution < -0.4 is 5.32 Å². The van der Waals surface area contributed by atoms with E-state index in [1.807, 2.05) is 6.07 Å². The van der Waals surface area contributed by atoms with E-state index >= 15 is 0 Å². The molecule has 4 nitrogen and oxygen atoms in total. The molecule has 1 saturated heterocycles. The molecule has 1 atom stereocenters.